The zero-order valence-electron chi connectivity index (χ0n) is 16.3. The van der Waals surface area contributed by atoms with Gasteiger partial charge in [-0.25, -0.2) is 8.97 Å². The summed E-state index contributed by atoms with van der Waals surface area (Å²) in [5.74, 6) is -0.795. The Hall–Kier alpha value is -2.37. The Labute approximate surface area is 169 Å². The molecule has 0 bridgehead atoms. The van der Waals surface area contributed by atoms with E-state index in [4.69, 9.17) is 34.0 Å². The van der Waals surface area contributed by atoms with E-state index in [1.54, 1.807) is 6.92 Å². The number of nitrogens with two attached hydrogens (primary N) is 1. The minimum atomic E-state index is -1.56. The van der Waals surface area contributed by atoms with Crippen molar-refractivity contribution < 1.29 is 18.8 Å². The van der Waals surface area contributed by atoms with Crippen LogP contribution in [0, 0.1) is 5.82 Å². The molecule has 6 radical (unpaired) electrons. The number of aromatic hydroxyl groups is 1. The van der Waals surface area contributed by atoms with Gasteiger partial charge in [-0.15, -0.1) is 0 Å². The van der Waals surface area contributed by atoms with Gasteiger partial charge in [-0.05, 0) is 19.9 Å². The summed E-state index contributed by atoms with van der Waals surface area (Å²) in [6.45, 7) is 4.56. The number of ether oxygens (including phenoxy) is 1. The number of halogens is 1. The van der Waals surface area contributed by atoms with E-state index in [1.165, 1.54) is 12.1 Å². The van der Waals surface area contributed by atoms with Crippen LogP contribution in [0.4, 0.5) is 4.39 Å². The number of phenols is 1. The highest BCUT2D eigenvalue weighted by Gasteiger charge is 2.27. The van der Waals surface area contributed by atoms with Crippen molar-refractivity contribution in [3.63, 3.8) is 0 Å². The Kier molecular flexibility index (Phi) is 7.22. The van der Waals surface area contributed by atoms with Gasteiger partial charge in [-0.3, -0.25) is 0 Å². The summed E-state index contributed by atoms with van der Waals surface area (Å²) in [5, 5.41) is 9.02. The van der Waals surface area contributed by atoms with E-state index in [1.807, 2.05) is 35.8 Å². The maximum absolute atomic E-state index is 15.0. The number of nitrogens with zero attached hydrogens (tertiary/aromatic N) is 1. The molecule has 1 aromatic carbocycles. The second-order valence-electron chi connectivity index (χ2n) is 7.01. The second-order valence-corrected chi connectivity index (χ2v) is 7.01. The van der Waals surface area contributed by atoms with Crippen LogP contribution in [0.15, 0.2) is 47.7 Å². The van der Waals surface area contributed by atoms with E-state index in [-0.39, 0.29) is 23.7 Å². The van der Waals surface area contributed by atoms with Crippen LogP contribution in [-0.4, -0.2) is 58.6 Å². The van der Waals surface area contributed by atoms with E-state index in [0.717, 1.165) is 12.0 Å². The van der Waals surface area contributed by atoms with Crippen LogP contribution in [0.5, 0.6) is 11.5 Å². The topological polar surface area (TPSA) is 58.5 Å². The Balaban J connectivity index is 2.54. The van der Waals surface area contributed by atoms with E-state index in [2.05, 4.69) is 0 Å². The molecule has 1 aromatic rings. The highest BCUT2D eigenvalue weighted by molar-refractivity contribution is 6.59. The Morgan fingerprint density at radius 2 is 2.11 bits per heavy atom. The molecule has 28 heavy (non-hydrogen) atoms. The lowest BCUT2D eigenvalue weighted by Crippen LogP contribution is -2.27. The summed E-state index contributed by atoms with van der Waals surface area (Å²) in [6, 6.07) is 2.50. The van der Waals surface area contributed by atoms with Crippen molar-refractivity contribution in [3.8, 4) is 11.5 Å². The molecule has 1 aliphatic heterocycles. The standard InChI is InChI=1S/C20H22B3FN2O2/c1-13-6-4-3-5-8-26(9-7-14(2)25)19(13)18-16(24)10-15(11-17(18)27)28-12-20(21,22)23/h3-4,6-7,10-11H,5,8-9,12,25H2,1-2H3/p+1/b4-3-,13-6+,14-7+. The van der Waals surface area contributed by atoms with E-state index in [9.17, 15) is 5.11 Å². The fraction of sp³-hybridized carbons (Fsp3) is 0.350. The van der Waals surface area contributed by atoms with Gasteiger partial charge in [0.2, 0.25) is 5.71 Å². The zero-order valence-corrected chi connectivity index (χ0v) is 16.3. The van der Waals surface area contributed by atoms with Crippen molar-refractivity contribution in [2.45, 2.75) is 25.4 Å². The average Bonchev–Trinajstić information content (AvgIpc) is 2.56. The molecular weight excluding hydrogens is 352 g/mol. The van der Waals surface area contributed by atoms with Gasteiger partial charge in [0, 0.05) is 29.8 Å². The van der Waals surface area contributed by atoms with Gasteiger partial charge in [-0.2, -0.15) is 0 Å². The molecule has 1 aliphatic rings. The van der Waals surface area contributed by atoms with E-state index >= 15 is 4.39 Å². The van der Waals surface area contributed by atoms with Crippen LogP contribution < -0.4 is 10.5 Å². The van der Waals surface area contributed by atoms with Crippen LogP contribution in [-0.2, 0) is 0 Å². The van der Waals surface area contributed by atoms with Crippen molar-refractivity contribution in [3.05, 3.63) is 59.1 Å². The van der Waals surface area contributed by atoms with Crippen molar-refractivity contribution in [1.29, 1.82) is 0 Å². The van der Waals surface area contributed by atoms with Gasteiger partial charge < -0.3 is 15.6 Å². The van der Waals surface area contributed by atoms with Crippen molar-refractivity contribution in [1.82, 2.24) is 0 Å². The van der Waals surface area contributed by atoms with Crippen LogP contribution in [0.1, 0.15) is 25.8 Å². The number of allylic oxidation sites excluding steroid dienone is 4. The predicted octanol–water partition coefficient (Wildman–Crippen LogP) is 2.06. The third kappa shape index (κ3) is 6.08. The molecule has 3 N–H and O–H groups in total. The highest BCUT2D eigenvalue weighted by Crippen LogP contribution is 2.30. The number of hydrogen-bond acceptors (Lipinski definition) is 3. The molecule has 0 aliphatic carbocycles. The van der Waals surface area contributed by atoms with Gasteiger partial charge in [0.1, 0.15) is 29.4 Å². The highest BCUT2D eigenvalue weighted by atomic mass is 19.1. The summed E-state index contributed by atoms with van der Waals surface area (Å²) in [7, 11) is 16.4. The lowest BCUT2D eigenvalue weighted by Gasteiger charge is -2.20. The maximum atomic E-state index is 15.0. The van der Waals surface area contributed by atoms with Crippen LogP contribution in [0.25, 0.3) is 0 Å². The molecule has 0 atom stereocenters. The van der Waals surface area contributed by atoms with Gasteiger partial charge in [0.05, 0.1) is 30.1 Å². The lowest BCUT2D eigenvalue weighted by atomic mass is 9.43. The first-order valence-corrected chi connectivity index (χ1v) is 8.98. The Morgan fingerprint density at radius 3 is 2.71 bits per heavy atom. The largest absolute Gasteiger partial charge is 0.507 e. The third-order valence-electron chi connectivity index (χ3n) is 4.14. The molecule has 140 valence electrons. The molecule has 2 rings (SSSR count). The van der Waals surface area contributed by atoms with Gasteiger partial charge in [0.25, 0.3) is 0 Å². The quantitative estimate of drug-likeness (QED) is 0.592. The molecule has 0 spiro atoms. The van der Waals surface area contributed by atoms with Gasteiger partial charge >= 0.3 is 0 Å². The smallest absolute Gasteiger partial charge is 0.217 e. The average molecular weight is 375 g/mol. The van der Waals surface area contributed by atoms with Crippen LogP contribution >= 0.6 is 0 Å². The molecule has 0 unspecified atom stereocenters. The lowest BCUT2D eigenvalue weighted by molar-refractivity contribution is -0.516. The summed E-state index contributed by atoms with van der Waals surface area (Å²) in [4.78, 5) is 0. The van der Waals surface area contributed by atoms with Gasteiger partial charge in [-0.1, -0.05) is 23.3 Å². The van der Waals surface area contributed by atoms with Crippen molar-refractivity contribution in [2.24, 2.45) is 5.73 Å². The molecular formula is C20H23B3FN2O2+. The first-order valence-electron chi connectivity index (χ1n) is 8.98. The molecule has 8 heteroatoms. The Morgan fingerprint density at radius 1 is 1.39 bits per heavy atom. The van der Waals surface area contributed by atoms with E-state index < -0.39 is 10.9 Å². The second kappa shape index (κ2) is 9.22. The van der Waals surface area contributed by atoms with Gasteiger partial charge in [0.15, 0.2) is 6.54 Å². The molecule has 0 amide bonds. The predicted molar refractivity (Wildman–Crippen MR) is 113 cm³/mol. The van der Waals surface area contributed by atoms with E-state index in [0.29, 0.717) is 24.5 Å². The Bertz CT molecular complexity index is 828. The van der Waals surface area contributed by atoms with Crippen molar-refractivity contribution in [2.75, 3.05) is 19.7 Å². The monoisotopic (exact) mass is 375 g/mol. The SMILES string of the molecule is [B]C([B])([B])COc1cc(O)c(C2=[N+](C/C=C(\C)N)CC/C=C\C=C\2C)c(F)c1. The summed E-state index contributed by atoms with van der Waals surface area (Å²) in [5.41, 5.74) is 7.94. The van der Waals surface area contributed by atoms with Crippen LogP contribution in [0.2, 0.25) is 5.11 Å². The number of benzene rings is 1. The summed E-state index contributed by atoms with van der Waals surface area (Å²) in [6.07, 6.45) is 8.48. The maximum Gasteiger partial charge on any atom is 0.217 e. The normalized spacial score (nSPS) is 18.8. The molecule has 1 heterocycles. The van der Waals surface area contributed by atoms with Crippen molar-refractivity contribution >= 4 is 29.3 Å². The molecule has 0 saturated heterocycles. The minimum Gasteiger partial charge on any atom is -0.507 e. The van der Waals surface area contributed by atoms with Crippen LogP contribution in [0.3, 0.4) is 0 Å². The fourth-order valence-corrected chi connectivity index (χ4v) is 2.87. The number of phenolic OH excluding ortho intramolecular Hbond substituents is 1. The number of hydrogen-bond donors (Lipinski definition) is 2. The minimum absolute atomic E-state index is 0.0849. The first-order chi connectivity index (χ1) is 13.1. The number of rotatable bonds is 6. The first kappa shape index (κ1) is 21.9. The zero-order chi connectivity index (χ0) is 20.9. The fourth-order valence-electron chi connectivity index (χ4n) is 2.87. The molecule has 0 fully saturated rings. The molecule has 0 saturated carbocycles. The summed E-state index contributed by atoms with van der Waals surface area (Å²) < 4.78 is 22.3. The third-order valence-corrected chi connectivity index (χ3v) is 4.14. The molecule has 4 nitrogen and oxygen atoms in total. The molecule has 0 aromatic heterocycles. The summed E-state index contributed by atoms with van der Waals surface area (Å²) >= 11 is 0.